The molecule has 0 bridgehead atoms. The number of rotatable bonds is 13. The van der Waals surface area contributed by atoms with Crippen molar-refractivity contribution in [2.75, 3.05) is 12.4 Å². The number of hydrogen-bond donors (Lipinski definition) is 1. The number of methoxy groups -OCH3 is 1. The first-order valence-corrected chi connectivity index (χ1v) is 13.9. The van der Waals surface area contributed by atoms with Gasteiger partial charge >= 0.3 is 0 Å². The normalized spacial score (nSPS) is 12.1. The Balaban J connectivity index is 1.83. The number of amides is 1. The summed E-state index contributed by atoms with van der Waals surface area (Å²) in [5.41, 5.74) is 4.20. The third-order valence-electron chi connectivity index (χ3n) is 6.99. The van der Waals surface area contributed by atoms with E-state index >= 15 is 0 Å². The molecule has 1 amide bonds. The molecule has 1 unspecified atom stereocenters. The molecule has 0 saturated heterocycles. The van der Waals surface area contributed by atoms with E-state index in [0.717, 1.165) is 53.9 Å². The Morgan fingerprint density at radius 3 is 2.33 bits per heavy atom. The fourth-order valence-corrected chi connectivity index (χ4v) is 4.81. The zero-order valence-electron chi connectivity index (χ0n) is 24.3. The number of benzene rings is 3. The first-order chi connectivity index (χ1) is 18.6. The zero-order valence-corrected chi connectivity index (χ0v) is 24.3. The number of ketones is 1. The van der Waals surface area contributed by atoms with Gasteiger partial charge in [0.1, 0.15) is 18.1 Å². The molecule has 5 heteroatoms. The van der Waals surface area contributed by atoms with E-state index in [4.69, 9.17) is 9.47 Å². The van der Waals surface area contributed by atoms with Crippen LogP contribution in [0, 0.1) is 0 Å². The number of anilines is 1. The Bertz CT molecular complexity index is 1240. The van der Waals surface area contributed by atoms with Gasteiger partial charge in [-0.3, -0.25) is 9.59 Å². The van der Waals surface area contributed by atoms with Crippen LogP contribution in [0.15, 0.2) is 66.7 Å². The quantitative estimate of drug-likeness (QED) is 0.178. The van der Waals surface area contributed by atoms with E-state index in [1.54, 1.807) is 20.1 Å². The number of carbonyl (C=O) groups excluding carboxylic acids is 2. The SMILES string of the molecule is CCCCCC(CC(=O)Nc1cc(C(C)=O)ccc1C(C)(C)C)c1ccc(OCc2ccccc2)cc1OC. The number of hydrogen-bond acceptors (Lipinski definition) is 4. The Labute approximate surface area is 233 Å². The zero-order chi connectivity index (χ0) is 28.4. The average Bonchev–Trinajstić information content (AvgIpc) is 2.91. The molecular weight excluding hydrogens is 486 g/mol. The molecule has 3 rings (SSSR count). The molecule has 0 radical (unpaired) electrons. The smallest absolute Gasteiger partial charge is 0.224 e. The van der Waals surface area contributed by atoms with Gasteiger partial charge in [0.2, 0.25) is 5.91 Å². The van der Waals surface area contributed by atoms with E-state index in [9.17, 15) is 9.59 Å². The lowest BCUT2D eigenvalue weighted by Gasteiger charge is -2.25. The molecule has 0 aliphatic rings. The molecule has 0 aliphatic heterocycles. The van der Waals surface area contributed by atoms with Crippen LogP contribution < -0.4 is 14.8 Å². The van der Waals surface area contributed by atoms with Gasteiger partial charge in [-0.2, -0.15) is 0 Å². The van der Waals surface area contributed by atoms with Crippen LogP contribution >= 0.6 is 0 Å². The molecule has 0 fully saturated rings. The average molecular weight is 530 g/mol. The van der Waals surface area contributed by atoms with Gasteiger partial charge in [-0.1, -0.05) is 95.5 Å². The molecule has 0 aliphatic carbocycles. The number of Topliss-reactive ketones (excluding diaryl/α,β-unsaturated/α-hetero) is 1. The minimum absolute atomic E-state index is 0.0104. The predicted molar refractivity (Wildman–Crippen MR) is 159 cm³/mol. The third-order valence-corrected chi connectivity index (χ3v) is 6.99. The highest BCUT2D eigenvalue weighted by atomic mass is 16.5. The summed E-state index contributed by atoms with van der Waals surface area (Å²) in [7, 11) is 1.66. The van der Waals surface area contributed by atoms with Gasteiger partial charge in [0.05, 0.1) is 7.11 Å². The van der Waals surface area contributed by atoms with Gasteiger partial charge in [0, 0.05) is 23.7 Å². The maximum atomic E-state index is 13.5. The van der Waals surface area contributed by atoms with Crippen molar-refractivity contribution in [2.24, 2.45) is 0 Å². The molecule has 208 valence electrons. The Morgan fingerprint density at radius 2 is 1.69 bits per heavy atom. The number of unbranched alkanes of at least 4 members (excludes halogenated alkanes) is 2. The fraction of sp³-hybridized carbons (Fsp3) is 0.412. The molecule has 3 aromatic carbocycles. The summed E-state index contributed by atoms with van der Waals surface area (Å²) < 4.78 is 11.8. The van der Waals surface area contributed by atoms with Crippen LogP contribution in [0.4, 0.5) is 5.69 Å². The molecule has 39 heavy (non-hydrogen) atoms. The molecule has 1 atom stereocenters. The number of ether oxygens (including phenoxy) is 2. The monoisotopic (exact) mass is 529 g/mol. The molecule has 3 aromatic rings. The first-order valence-electron chi connectivity index (χ1n) is 13.9. The highest BCUT2D eigenvalue weighted by Gasteiger charge is 2.24. The van der Waals surface area contributed by atoms with Gasteiger partial charge in [0.15, 0.2) is 5.78 Å². The summed E-state index contributed by atoms with van der Waals surface area (Å²) in [6.07, 6.45) is 4.43. The summed E-state index contributed by atoms with van der Waals surface area (Å²) in [6.45, 7) is 10.5. The van der Waals surface area contributed by atoms with E-state index < -0.39 is 0 Å². The molecule has 1 N–H and O–H groups in total. The lowest BCUT2D eigenvalue weighted by Crippen LogP contribution is -2.21. The van der Waals surface area contributed by atoms with Crippen LogP contribution in [0.1, 0.15) is 99.7 Å². The van der Waals surface area contributed by atoms with Crippen molar-refractivity contribution in [3.05, 3.63) is 89.0 Å². The second kappa shape index (κ2) is 14.0. The van der Waals surface area contributed by atoms with Crippen LogP contribution in [-0.2, 0) is 16.8 Å². The van der Waals surface area contributed by atoms with Gasteiger partial charge in [-0.15, -0.1) is 0 Å². The van der Waals surface area contributed by atoms with E-state index in [2.05, 4.69) is 33.0 Å². The van der Waals surface area contributed by atoms with Crippen molar-refractivity contribution >= 4 is 17.4 Å². The van der Waals surface area contributed by atoms with Crippen molar-refractivity contribution < 1.29 is 19.1 Å². The fourth-order valence-electron chi connectivity index (χ4n) is 4.81. The molecule has 0 heterocycles. The van der Waals surface area contributed by atoms with E-state index in [-0.39, 0.29) is 23.0 Å². The molecule has 0 saturated carbocycles. The van der Waals surface area contributed by atoms with Crippen LogP contribution in [0.2, 0.25) is 0 Å². The second-order valence-corrected chi connectivity index (χ2v) is 11.2. The summed E-state index contributed by atoms with van der Waals surface area (Å²) in [5.74, 6) is 1.34. The summed E-state index contributed by atoms with van der Waals surface area (Å²) in [4.78, 5) is 25.5. The van der Waals surface area contributed by atoms with Crippen LogP contribution in [0.25, 0.3) is 0 Å². The maximum absolute atomic E-state index is 13.5. The Morgan fingerprint density at radius 1 is 0.949 bits per heavy atom. The van der Waals surface area contributed by atoms with Gasteiger partial charge in [0.25, 0.3) is 0 Å². The van der Waals surface area contributed by atoms with Crippen molar-refractivity contribution in [1.82, 2.24) is 0 Å². The third kappa shape index (κ3) is 8.71. The first kappa shape index (κ1) is 29.9. The van der Waals surface area contributed by atoms with Crippen LogP contribution in [0.5, 0.6) is 11.5 Å². The van der Waals surface area contributed by atoms with Crippen molar-refractivity contribution in [2.45, 2.75) is 84.7 Å². The topological polar surface area (TPSA) is 64.6 Å². The highest BCUT2D eigenvalue weighted by Crippen LogP contribution is 2.37. The standard InChI is InChI=1S/C34H43NO4/c1-7-8-10-15-27(21-33(37)35-31-20-26(24(2)36)16-19-30(31)34(3,4)5)29-18-17-28(22-32(29)38-6)39-23-25-13-11-9-12-14-25/h9,11-14,16-20,22,27H,7-8,10,15,21,23H2,1-6H3,(H,35,37). The summed E-state index contributed by atoms with van der Waals surface area (Å²) in [6, 6.07) is 21.5. The molecule has 0 aromatic heterocycles. The van der Waals surface area contributed by atoms with Crippen LogP contribution in [-0.4, -0.2) is 18.8 Å². The van der Waals surface area contributed by atoms with E-state index in [1.165, 1.54) is 0 Å². The largest absolute Gasteiger partial charge is 0.496 e. The predicted octanol–water partition coefficient (Wildman–Crippen LogP) is 8.47. The van der Waals surface area contributed by atoms with Crippen molar-refractivity contribution in [3.8, 4) is 11.5 Å². The lowest BCUT2D eigenvalue weighted by molar-refractivity contribution is -0.116. The molecular formula is C34H43NO4. The van der Waals surface area contributed by atoms with E-state index in [0.29, 0.717) is 24.3 Å². The number of carbonyl (C=O) groups is 2. The van der Waals surface area contributed by atoms with Crippen molar-refractivity contribution in [3.63, 3.8) is 0 Å². The number of nitrogens with one attached hydrogen (secondary N) is 1. The van der Waals surface area contributed by atoms with Gasteiger partial charge in [-0.25, -0.2) is 0 Å². The summed E-state index contributed by atoms with van der Waals surface area (Å²) in [5, 5.41) is 3.13. The highest BCUT2D eigenvalue weighted by molar-refractivity contribution is 5.98. The molecule has 0 spiro atoms. The molecule has 5 nitrogen and oxygen atoms in total. The van der Waals surface area contributed by atoms with E-state index in [1.807, 2.05) is 60.7 Å². The van der Waals surface area contributed by atoms with Gasteiger partial charge in [-0.05, 0) is 53.5 Å². The maximum Gasteiger partial charge on any atom is 0.224 e. The minimum atomic E-state index is -0.183. The summed E-state index contributed by atoms with van der Waals surface area (Å²) >= 11 is 0. The van der Waals surface area contributed by atoms with Gasteiger partial charge < -0.3 is 14.8 Å². The second-order valence-electron chi connectivity index (χ2n) is 11.2. The Kier molecular flexibility index (Phi) is 10.7. The Hall–Kier alpha value is -3.60. The van der Waals surface area contributed by atoms with Crippen LogP contribution in [0.3, 0.4) is 0 Å². The van der Waals surface area contributed by atoms with Crippen molar-refractivity contribution in [1.29, 1.82) is 0 Å². The lowest BCUT2D eigenvalue weighted by atomic mass is 9.84. The minimum Gasteiger partial charge on any atom is -0.496 e.